The summed E-state index contributed by atoms with van der Waals surface area (Å²) in [5.74, 6) is -1.87. The highest BCUT2D eigenvalue weighted by Crippen LogP contribution is 2.48. The average Bonchev–Trinajstić information content (AvgIpc) is 2.58. The third kappa shape index (κ3) is 2.87. The first-order valence-electron chi connectivity index (χ1n) is 7.68. The van der Waals surface area contributed by atoms with Crippen LogP contribution in [0, 0.1) is 0 Å². The largest absolute Gasteiger partial charge is 0.452 e. The molecule has 0 N–H and O–H groups in total. The van der Waals surface area contributed by atoms with Crippen molar-refractivity contribution in [2.24, 2.45) is 0 Å². The normalized spacial score (nSPS) is 21.7. The zero-order chi connectivity index (χ0) is 18.0. The summed E-state index contributed by atoms with van der Waals surface area (Å²) in [6.45, 7) is 2.41. The molecule has 6 nitrogen and oxygen atoms in total. The van der Waals surface area contributed by atoms with Crippen molar-refractivity contribution < 1.29 is 28.6 Å². The van der Waals surface area contributed by atoms with Gasteiger partial charge in [-0.25, -0.2) is 4.79 Å². The number of carbonyl (C=O) groups is 3. The molecule has 0 bridgehead atoms. The molecular formula is C19H16O6. The van der Waals surface area contributed by atoms with Gasteiger partial charge in [0.25, 0.3) is 5.60 Å². The predicted molar refractivity (Wildman–Crippen MR) is 86.5 cm³/mol. The molecule has 0 saturated heterocycles. The van der Waals surface area contributed by atoms with Crippen LogP contribution >= 0.6 is 0 Å². The number of fused-ring (bicyclic) bond motifs is 1. The van der Waals surface area contributed by atoms with Gasteiger partial charge in [0.15, 0.2) is 6.10 Å². The molecule has 128 valence electrons. The van der Waals surface area contributed by atoms with Crippen molar-refractivity contribution in [2.45, 2.75) is 25.6 Å². The number of rotatable bonds is 3. The van der Waals surface area contributed by atoms with Crippen LogP contribution < -0.4 is 4.74 Å². The van der Waals surface area contributed by atoms with Gasteiger partial charge in [0.1, 0.15) is 5.75 Å². The molecule has 25 heavy (non-hydrogen) atoms. The number of para-hydroxylation sites is 1. The monoisotopic (exact) mass is 340 g/mol. The van der Waals surface area contributed by atoms with Gasteiger partial charge in [-0.3, -0.25) is 9.59 Å². The van der Waals surface area contributed by atoms with Gasteiger partial charge in [0.05, 0.1) is 0 Å². The Morgan fingerprint density at radius 2 is 1.60 bits per heavy atom. The van der Waals surface area contributed by atoms with E-state index in [-0.39, 0.29) is 5.75 Å². The van der Waals surface area contributed by atoms with Gasteiger partial charge >= 0.3 is 17.9 Å². The fourth-order valence-electron chi connectivity index (χ4n) is 2.94. The van der Waals surface area contributed by atoms with E-state index in [0.717, 1.165) is 0 Å². The van der Waals surface area contributed by atoms with Crippen molar-refractivity contribution >= 4 is 17.9 Å². The number of carbonyl (C=O) groups excluding carboxylic acids is 3. The van der Waals surface area contributed by atoms with Crippen LogP contribution in [0.4, 0.5) is 0 Å². The molecule has 6 heteroatoms. The van der Waals surface area contributed by atoms with E-state index in [2.05, 4.69) is 0 Å². The molecule has 0 spiro atoms. The Labute approximate surface area is 144 Å². The smallest absolute Gasteiger partial charge is 0.365 e. The minimum Gasteiger partial charge on any atom is -0.452 e. The highest BCUT2D eigenvalue weighted by molar-refractivity contribution is 5.89. The molecule has 0 aromatic heterocycles. The van der Waals surface area contributed by atoms with Crippen LogP contribution in [0.3, 0.4) is 0 Å². The Bertz CT molecular complexity index is 829. The molecule has 2 aromatic carbocycles. The lowest BCUT2D eigenvalue weighted by molar-refractivity contribution is -0.204. The van der Waals surface area contributed by atoms with Crippen LogP contribution in [0.25, 0.3) is 0 Å². The average molecular weight is 340 g/mol. The molecule has 3 rings (SSSR count). The van der Waals surface area contributed by atoms with Gasteiger partial charge in [0, 0.05) is 25.0 Å². The summed E-state index contributed by atoms with van der Waals surface area (Å²) in [5, 5.41) is 0. The SMILES string of the molecule is CC(=O)OC1c2ccccc2OC(=O)C1(OC(C)=O)c1ccccc1. The lowest BCUT2D eigenvalue weighted by Gasteiger charge is -2.40. The number of esters is 3. The standard InChI is InChI=1S/C19H16O6/c1-12(20)23-17-15-10-6-7-11-16(15)24-18(22)19(17,25-13(2)21)14-8-4-3-5-9-14/h3-11,17H,1-2H3. The zero-order valence-electron chi connectivity index (χ0n) is 13.7. The molecule has 0 fully saturated rings. The fourth-order valence-corrected chi connectivity index (χ4v) is 2.94. The van der Waals surface area contributed by atoms with Crippen molar-refractivity contribution in [1.29, 1.82) is 0 Å². The van der Waals surface area contributed by atoms with Crippen molar-refractivity contribution in [2.75, 3.05) is 0 Å². The van der Waals surface area contributed by atoms with Gasteiger partial charge in [0.2, 0.25) is 0 Å². The van der Waals surface area contributed by atoms with Gasteiger partial charge < -0.3 is 14.2 Å². The Morgan fingerprint density at radius 1 is 0.960 bits per heavy atom. The van der Waals surface area contributed by atoms with E-state index in [1.807, 2.05) is 0 Å². The predicted octanol–water partition coefficient (Wildman–Crippen LogP) is 2.67. The second-order valence-corrected chi connectivity index (χ2v) is 5.61. The highest BCUT2D eigenvalue weighted by atomic mass is 16.6. The molecule has 0 aliphatic carbocycles. The summed E-state index contributed by atoms with van der Waals surface area (Å²) < 4.78 is 16.3. The fraction of sp³-hybridized carbons (Fsp3) is 0.211. The number of benzene rings is 2. The summed E-state index contributed by atoms with van der Waals surface area (Å²) in [7, 11) is 0. The number of ether oxygens (including phenoxy) is 3. The Hall–Kier alpha value is -3.15. The lowest BCUT2D eigenvalue weighted by Crippen LogP contribution is -2.51. The molecule has 2 aromatic rings. The number of hydrogen-bond donors (Lipinski definition) is 0. The first-order chi connectivity index (χ1) is 11.9. The van der Waals surface area contributed by atoms with Crippen LogP contribution in [-0.2, 0) is 29.5 Å². The molecular weight excluding hydrogens is 324 g/mol. The maximum atomic E-state index is 12.9. The molecule has 1 aliphatic rings. The van der Waals surface area contributed by atoms with E-state index in [9.17, 15) is 14.4 Å². The zero-order valence-corrected chi connectivity index (χ0v) is 13.7. The summed E-state index contributed by atoms with van der Waals surface area (Å²) in [4.78, 5) is 36.4. The van der Waals surface area contributed by atoms with Crippen molar-refractivity contribution in [3.05, 3.63) is 65.7 Å². The topological polar surface area (TPSA) is 78.9 Å². The van der Waals surface area contributed by atoms with Crippen molar-refractivity contribution in [3.63, 3.8) is 0 Å². The van der Waals surface area contributed by atoms with Crippen LogP contribution in [0.15, 0.2) is 54.6 Å². The van der Waals surface area contributed by atoms with Crippen LogP contribution in [0.1, 0.15) is 31.1 Å². The first kappa shape index (κ1) is 16.7. The lowest BCUT2D eigenvalue weighted by atomic mass is 9.81. The summed E-state index contributed by atoms with van der Waals surface area (Å²) >= 11 is 0. The molecule has 1 heterocycles. The summed E-state index contributed by atoms with van der Waals surface area (Å²) in [6, 6.07) is 15.1. The maximum Gasteiger partial charge on any atom is 0.365 e. The van der Waals surface area contributed by atoms with Crippen molar-refractivity contribution in [3.8, 4) is 5.75 Å². The Morgan fingerprint density at radius 3 is 2.24 bits per heavy atom. The second kappa shape index (κ2) is 6.39. The van der Waals surface area contributed by atoms with Gasteiger partial charge in [-0.15, -0.1) is 0 Å². The summed E-state index contributed by atoms with van der Waals surface area (Å²) in [5.41, 5.74) is -1.11. The highest BCUT2D eigenvalue weighted by Gasteiger charge is 2.58. The minimum atomic E-state index is -1.91. The van der Waals surface area contributed by atoms with E-state index in [1.165, 1.54) is 13.8 Å². The molecule has 2 atom stereocenters. The van der Waals surface area contributed by atoms with Crippen LogP contribution in [0.2, 0.25) is 0 Å². The van der Waals surface area contributed by atoms with E-state index >= 15 is 0 Å². The number of hydrogen-bond acceptors (Lipinski definition) is 6. The molecule has 0 amide bonds. The Balaban J connectivity index is 2.28. The van der Waals surface area contributed by atoms with E-state index in [1.54, 1.807) is 54.6 Å². The van der Waals surface area contributed by atoms with Crippen LogP contribution in [0.5, 0.6) is 5.75 Å². The quantitative estimate of drug-likeness (QED) is 0.631. The van der Waals surface area contributed by atoms with Crippen molar-refractivity contribution in [1.82, 2.24) is 0 Å². The van der Waals surface area contributed by atoms with Gasteiger partial charge in [-0.2, -0.15) is 0 Å². The van der Waals surface area contributed by atoms with E-state index in [4.69, 9.17) is 14.2 Å². The molecule has 1 aliphatic heterocycles. The molecule has 0 radical (unpaired) electrons. The van der Waals surface area contributed by atoms with Gasteiger partial charge in [-0.05, 0) is 6.07 Å². The van der Waals surface area contributed by atoms with E-state index < -0.39 is 29.6 Å². The minimum absolute atomic E-state index is 0.262. The third-order valence-electron chi connectivity index (χ3n) is 3.87. The van der Waals surface area contributed by atoms with Crippen LogP contribution in [-0.4, -0.2) is 17.9 Å². The second-order valence-electron chi connectivity index (χ2n) is 5.61. The first-order valence-corrected chi connectivity index (χ1v) is 7.68. The summed E-state index contributed by atoms with van der Waals surface area (Å²) in [6.07, 6.45) is -1.16. The molecule has 2 unspecified atom stereocenters. The van der Waals surface area contributed by atoms with E-state index in [0.29, 0.717) is 11.1 Å². The third-order valence-corrected chi connectivity index (χ3v) is 3.87. The molecule has 0 saturated carbocycles. The maximum absolute atomic E-state index is 12.9. The van der Waals surface area contributed by atoms with Gasteiger partial charge in [-0.1, -0.05) is 48.5 Å². The Kier molecular flexibility index (Phi) is 4.27.